The summed E-state index contributed by atoms with van der Waals surface area (Å²) in [6.07, 6.45) is 1.19. The number of likely N-dealkylation sites (N-methyl/N-ethyl adjacent to an activating group) is 1. The van der Waals surface area contributed by atoms with Crippen molar-refractivity contribution < 1.29 is 4.74 Å². The van der Waals surface area contributed by atoms with Gasteiger partial charge in [-0.05, 0) is 38.4 Å². The van der Waals surface area contributed by atoms with E-state index in [0.717, 1.165) is 12.2 Å². The Balaban J connectivity index is 2.22. The van der Waals surface area contributed by atoms with E-state index in [4.69, 9.17) is 4.74 Å². The smallest absolute Gasteiger partial charge is 0.124 e. The van der Waals surface area contributed by atoms with Crippen molar-refractivity contribution in [2.75, 3.05) is 7.05 Å². The molecule has 0 aliphatic rings. The molecule has 0 aliphatic carbocycles. The van der Waals surface area contributed by atoms with Crippen LogP contribution in [0.4, 0.5) is 0 Å². The van der Waals surface area contributed by atoms with Crippen LogP contribution in [0.15, 0.2) is 41.8 Å². The van der Waals surface area contributed by atoms with Crippen LogP contribution in [0.5, 0.6) is 5.75 Å². The lowest BCUT2D eigenvalue weighted by molar-refractivity contribution is 0.238. The first-order valence-electron chi connectivity index (χ1n) is 6.66. The summed E-state index contributed by atoms with van der Waals surface area (Å²) < 4.78 is 5.91. The van der Waals surface area contributed by atoms with Crippen molar-refractivity contribution in [3.63, 3.8) is 0 Å². The van der Waals surface area contributed by atoms with Crippen LogP contribution < -0.4 is 10.1 Å². The summed E-state index contributed by atoms with van der Waals surface area (Å²) in [7, 11) is 2.00. The van der Waals surface area contributed by atoms with E-state index in [1.54, 1.807) is 11.3 Å². The Morgan fingerprint density at radius 1 is 1.16 bits per heavy atom. The van der Waals surface area contributed by atoms with Crippen molar-refractivity contribution in [2.24, 2.45) is 0 Å². The minimum atomic E-state index is 0.195. The molecule has 2 nitrogen and oxygen atoms in total. The molecular formula is C16H21NOS. The molecule has 1 N–H and O–H groups in total. The van der Waals surface area contributed by atoms with E-state index in [0.29, 0.717) is 0 Å². The number of para-hydroxylation sites is 1. The van der Waals surface area contributed by atoms with E-state index >= 15 is 0 Å². The number of rotatable bonds is 6. The third kappa shape index (κ3) is 3.82. The Hall–Kier alpha value is -1.32. The number of ether oxygens (including phenoxy) is 1. The Morgan fingerprint density at radius 2 is 1.95 bits per heavy atom. The Labute approximate surface area is 119 Å². The van der Waals surface area contributed by atoms with Gasteiger partial charge in [0.25, 0.3) is 0 Å². The molecule has 0 amide bonds. The van der Waals surface area contributed by atoms with E-state index in [2.05, 4.69) is 48.8 Å². The van der Waals surface area contributed by atoms with Crippen LogP contribution >= 0.6 is 11.3 Å². The van der Waals surface area contributed by atoms with Gasteiger partial charge in [-0.3, -0.25) is 0 Å². The molecule has 0 aliphatic heterocycles. The normalized spacial score (nSPS) is 12.6. The molecule has 1 heterocycles. The van der Waals surface area contributed by atoms with Crippen LogP contribution in [-0.2, 0) is 6.42 Å². The van der Waals surface area contributed by atoms with Crippen LogP contribution in [-0.4, -0.2) is 13.2 Å². The molecule has 2 aromatic rings. The predicted molar refractivity (Wildman–Crippen MR) is 82.0 cm³/mol. The Morgan fingerprint density at radius 3 is 2.58 bits per heavy atom. The lowest BCUT2D eigenvalue weighted by atomic mass is 10.0. The summed E-state index contributed by atoms with van der Waals surface area (Å²) in [6.45, 7) is 4.12. The second kappa shape index (κ2) is 6.73. The average Bonchev–Trinajstić information content (AvgIpc) is 2.89. The van der Waals surface area contributed by atoms with Gasteiger partial charge < -0.3 is 10.1 Å². The van der Waals surface area contributed by atoms with Gasteiger partial charge in [-0.15, -0.1) is 11.3 Å². The number of benzene rings is 1. The van der Waals surface area contributed by atoms with Crippen LogP contribution in [0.3, 0.4) is 0 Å². The highest BCUT2D eigenvalue weighted by Gasteiger charge is 2.16. The van der Waals surface area contributed by atoms with Gasteiger partial charge >= 0.3 is 0 Å². The monoisotopic (exact) mass is 275 g/mol. The molecule has 0 fully saturated rings. The first-order chi connectivity index (χ1) is 9.20. The fourth-order valence-electron chi connectivity index (χ4n) is 2.13. The summed E-state index contributed by atoms with van der Waals surface area (Å²) >= 11 is 1.80. The fraction of sp³-hybridized carbons (Fsp3) is 0.375. The third-order valence-corrected chi connectivity index (χ3v) is 3.89. The van der Waals surface area contributed by atoms with Crippen molar-refractivity contribution >= 4 is 11.3 Å². The third-order valence-electron chi connectivity index (χ3n) is 2.99. The van der Waals surface area contributed by atoms with E-state index in [-0.39, 0.29) is 12.1 Å². The molecule has 1 aromatic heterocycles. The standard InChI is InChI=1S/C16H21NOS/c1-12(2)18-16-9-5-4-8-14(16)15(17-3)11-13-7-6-10-19-13/h4-10,12,15,17H,11H2,1-3H3. The van der Waals surface area contributed by atoms with Crippen molar-refractivity contribution in [3.8, 4) is 5.75 Å². The van der Waals surface area contributed by atoms with Gasteiger partial charge in [0.1, 0.15) is 5.75 Å². The minimum absolute atomic E-state index is 0.195. The molecule has 0 saturated carbocycles. The fourth-order valence-corrected chi connectivity index (χ4v) is 2.88. The van der Waals surface area contributed by atoms with E-state index in [1.807, 2.05) is 19.2 Å². The summed E-state index contributed by atoms with van der Waals surface area (Å²) in [4.78, 5) is 1.39. The number of hydrogen-bond acceptors (Lipinski definition) is 3. The topological polar surface area (TPSA) is 21.3 Å². The highest BCUT2D eigenvalue weighted by Crippen LogP contribution is 2.29. The summed E-state index contributed by atoms with van der Waals surface area (Å²) in [5.41, 5.74) is 1.23. The van der Waals surface area contributed by atoms with Gasteiger partial charge in [0, 0.05) is 22.9 Å². The van der Waals surface area contributed by atoms with E-state index in [1.165, 1.54) is 10.4 Å². The molecule has 3 heteroatoms. The first-order valence-corrected chi connectivity index (χ1v) is 7.54. The number of hydrogen-bond donors (Lipinski definition) is 1. The van der Waals surface area contributed by atoms with E-state index in [9.17, 15) is 0 Å². The lowest BCUT2D eigenvalue weighted by Crippen LogP contribution is -2.20. The van der Waals surface area contributed by atoms with Gasteiger partial charge in [-0.25, -0.2) is 0 Å². The van der Waals surface area contributed by atoms with Gasteiger partial charge in [-0.2, -0.15) is 0 Å². The molecule has 0 spiro atoms. The maximum atomic E-state index is 5.91. The zero-order valence-corrected chi connectivity index (χ0v) is 12.5. The molecule has 1 atom stereocenters. The van der Waals surface area contributed by atoms with Crippen LogP contribution in [0.25, 0.3) is 0 Å². The zero-order valence-electron chi connectivity index (χ0n) is 11.7. The predicted octanol–water partition coefficient (Wildman–Crippen LogP) is 4.04. The van der Waals surface area contributed by atoms with Crippen molar-refractivity contribution in [1.82, 2.24) is 5.32 Å². The molecule has 102 valence electrons. The van der Waals surface area contributed by atoms with Gasteiger partial charge in [-0.1, -0.05) is 24.3 Å². The van der Waals surface area contributed by atoms with Crippen LogP contribution in [0.2, 0.25) is 0 Å². The Bertz CT molecular complexity index is 493. The Kier molecular flexibility index (Phi) is 5.00. The summed E-state index contributed by atoms with van der Waals surface area (Å²) in [6, 6.07) is 12.9. The summed E-state index contributed by atoms with van der Waals surface area (Å²) in [5, 5.41) is 5.52. The van der Waals surface area contributed by atoms with Crippen molar-refractivity contribution in [1.29, 1.82) is 0 Å². The number of nitrogens with one attached hydrogen (secondary N) is 1. The maximum absolute atomic E-state index is 5.91. The zero-order chi connectivity index (χ0) is 13.7. The minimum Gasteiger partial charge on any atom is -0.491 e. The van der Waals surface area contributed by atoms with Crippen LogP contribution in [0.1, 0.15) is 30.3 Å². The molecule has 1 aromatic carbocycles. The molecule has 0 bridgehead atoms. The first kappa shape index (κ1) is 14.1. The quantitative estimate of drug-likeness (QED) is 0.859. The molecule has 0 radical (unpaired) electrons. The van der Waals surface area contributed by atoms with Gasteiger partial charge in [0.05, 0.1) is 6.10 Å². The molecule has 19 heavy (non-hydrogen) atoms. The molecule has 2 rings (SSSR count). The lowest BCUT2D eigenvalue weighted by Gasteiger charge is -2.21. The summed E-state index contributed by atoms with van der Waals surface area (Å²) in [5.74, 6) is 0.980. The second-order valence-corrected chi connectivity index (χ2v) is 5.86. The largest absolute Gasteiger partial charge is 0.491 e. The van der Waals surface area contributed by atoms with E-state index < -0.39 is 0 Å². The van der Waals surface area contributed by atoms with Gasteiger partial charge in [0.2, 0.25) is 0 Å². The maximum Gasteiger partial charge on any atom is 0.124 e. The number of thiophene rings is 1. The van der Waals surface area contributed by atoms with Crippen LogP contribution in [0, 0.1) is 0 Å². The molecule has 1 unspecified atom stereocenters. The van der Waals surface area contributed by atoms with Gasteiger partial charge in [0.15, 0.2) is 0 Å². The highest BCUT2D eigenvalue weighted by atomic mass is 32.1. The highest BCUT2D eigenvalue weighted by molar-refractivity contribution is 7.09. The average molecular weight is 275 g/mol. The van der Waals surface area contributed by atoms with Crippen molar-refractivity contribution in [3.05, 3.63) is 52.2 Å². The second-order valence-electron chi connectivity index (χ2n) is 4.83. The SMILES string of the molecule is CNC(Cc1cccs1)c1ccccc1OC(C)C. The molecular weight excluding hydrogens is 254 g/mol. The molecule has 0 saturated heterocycles. The van der Waals surface area contributed by atoms with Crippen molar-refractivity contribution in [2.45, 2.75) is 32.4 Å².